The first-order valence-electron chi connectivity index (χ1n) is 5.65. The van der Waals surface area contributed by atoms with E-state index in [-0.39, 0.29) is 18.1 Å². The van der Waals surface area contributed by atoms with Crippen LogP contribution >= 0.6 is 0 Å². The van der Waals surface area contributed by atoms with E-state index in [1.165, 1.54) is 0 Å². The van der Waals surface area contributed by atoms with Crippen molar-refractivity contribution in [1.29, 1.82) is 0 Å². The molecule has 2 aliphatic heterocycles. The minimum absolute atomic E-state index is 0.0373. The lowest BCUT2D eigenvalue weighted by Crippen LogP contribution is -2.54. The Labute approximate surface area is 95.9 Å². The van der Waals surface area contributed by atoms with Crippen molar-refractivity contribution in [2.45, 2.75) is 44.2 Å². The highest BCUT2D eigenvalue weighted by Gasteiger charge is 2.39. The van der Waals surface area contributed by atoms with Crippen LogP contribution in [0.25, 0.3) is 0 Å². The van der Waals surface area contributed by atoms with Gasteiger partial charge in [0.1, 0.15) is 0 Å². The van der Waals surface area contributed by atoms with Crippen LogP contribution in [-0.4, -0.2) is 44.2 Å². The fourth-order valence-electron chi connectivity index (χ4n) is 2.59. The summed E-state index contributed by atoms with van der Waals surface area (Å²) in [5.41, 5.74) is 0. The zero-order valence-corrected chi connectivity index (χ0v) is 10.2. The second-order valence-electron chi connectivity index (χ2n) is 4.53. The summed E-state index contributed by atoms with van der Waals surface area (Å²) in [7, 11) is -3.43. The van der Waals surface area contributed by atoms with Gasteiger partial charge < -0.3 is 4.90 Å². The molecule has 2 aliphatic rings. The summed E-state index contributed by atoms with van der Waals surface area (Å²) < 4.78 is 27.3. The molecule has 5 nitrogen and oxygen atoms in total. The first kappa shape index (κ1) is 11.9. The van der Waals surface area contributed by atoms with Crippen LogP contribution < -0.4 is 0 Å². The zero-order chi connectivity index (χ0) is 11.8. The first-order chi connectivity index (χ1) is 7.47. The van der Waals surface area contributed by atoms with Crippen LogP contribution in [0.2, 0.25) is 0 Å². The average Bonchev–Trinajstić information content (AvgIpc) is 2.21. The molecule has 0 N–H and O–H groups in total. The molecule has 0 radical (unpaired) electrons. The van der Waals surface area contributed by atoms with Gasteiger partial charge in [-0.05, 0) is 25.7 Å². The fraction of sp³-hybridized carbons (Fsp3) is 0.900. The fourth-order valence-corrected chi connectivity index (χ4v) is 3.27. The number of carbonyl (C=O) groups is 1. The van der Waals surface area contributed by atoms with Crippen LogP contribution in [0.5, 0.6) is 0 Å². The number of carbonyl (C=O) groups excluding carboxylic acids is 1. The van der Waals surface area contributed by atoms with E-state index in [2.05, 4.69) is 0 Å². The van der Waals surface area contributed by atoms with Crippen molar-refractivity contribution in [1.82, 2.24) is 4.90 Å². The zero-order valence-electron chi connectivity index (χ0n) is 9.39. The summed E-state index contributed by atoms with van der Waals surface area (Å²) in [6.45, 7) is 0.743. The smallest absolute Gasteiger partial charge is 0.264 e. The summed E-state index contributed by atoms with van der Waals surface area (Å²) >= 11 is 0. The van der Waals surface area contributed by atoms with Crippen molar-refractivity contribution in [3.8, 4) is 0 Å². The Balaban J connectivity index is 2.11. The Morgan fingerprint density at radius 1 is 1.31 bits per heavy atom. The number of hydrogen-bond donors (Lipinski definition) is 0. The molecular formula is C10H17NO4S. The van der Waals surface area contributed by atoms with Gasteiger partial charge in [-0.15, -0.1) is 0 Å². The van der Waals surface area contributed by atoms with Crippen LogP contribution in [0.15, 0.2) is 0 Å². The van der Waals surface area contributed by atoms with E-state index in [0.717, 1.165) is 32.1 Å². The maximum Gasteiger partial charge on any atom is 0.264 e. The molecule has 0 saturated carbocycles. The van der Waals surface area contributed by atoms with Crippen molar-refractivity contribution in [3.05, 3.63) is 0 Å². The van der Waals surface area contributed by atoms with E-state index in [9.17, 15) is 13.2 Å². The average molecular weight is 247 g/mol. The quantitative estimate of drug-likeness (QED) is 0.667. The van der Waals surface area contributed by atoms with Crippen LogP contribution in [0.3, 0.4) is 0 Å². The minimum atomic E-state index is -3.43. The Morgan fingerprint density at radius 2 is 2.06 bits per heavy atom. The number of amides is 1. The second kappa shape index (κ2) is 4.33. The standard InChI is InChI=1S/C10H17NO4S/c1-16(13,14)15-9-5-6-10(12)11-7-3-2-4-8(9)11/h8-9H,2-7H2,1H3/t8?,9-/m0/s1. The highest BCUT2D eigenvalue weighted by atomic mass is 32.2. The Kier molecular flexibility index (Phi) is 3.21. The normalized spacial score (nSPS) is 31.3. The van der Waals surface area contributed by atoms with Gasteiger partial charge in [-0.3, -0.25) is 8.98 Å². The largest absolute Gasteiger partial charge is 0.337 e. The monoisotopic (exact) mass is 247 g/mol. The van der Waals surface area contributed by atoms with E-state index >= 15 is 0 Å². The highest BCUT2D eigenvalue weighted by Crippen LogP contribution is 2.29. The molecule has 0 bridgehead atoms. The molecule has 2 heterocycles. The summed E-state index contributed by atoms with van der Waals surface area (Å²) in [6, 6.07) is -0.0373. The summed E-state index contributed by atoms with van der Waals surface area (Å²) in [5, 5.41) is 0. The molecule has 92 valence electrons. The lowest BCUT2D eigenvalue weighted by Gasteiger charge is -2.43. The number of rotatable bonds is 2. The Bertz CT molecular complexity index is 378. The van der Waals surface area contributed by atoms with E-state index < -0.39 is 10.1 Å². The van der Waals surface area contributed by atoms with Gasteiger partial charge in [-0.25, -0.2) is 0 Å². The van der Waals surface area contributed by atoms with Crippen LogP contribution in [0, 0.1) is 0 Å². The summed E-state index contributed by atoms with van der Waals surface area (Å²) in [5.74, 6) is 0.137. The molecule has 0 aromatic heterocycles. The molecule has 16 heavy (non-hydrogen) atoms. The van der Waals surface area contributed by atoms with Crippen molar-refractivity contribution in [2.75, 3.05) is 12.8 Å². The Morgan fingerprint density at radius 3 is 2.75 bits per heavy atom. The molecule has 2 atom stereocenters. The predicted molar refractivity (Wildman–Crippen MR) is 58.3 cm³/mol. The maximum atomic E-state index is 11.7. The summed E-state index contributed by atoms with van der Waals surface area (Å²) in [6.07, 6.45) is 4.55. The van der Waals surface area contributed by atoms with Crippen molar-refractivity contribution in [3.63, 3.8) is 0 Å². The molecule has 2 saturated heterocycles. The molecule has 0 aromatic carbocycles. The van der Waals surface area contributed by atoms with Crippen molar-refractivity contribution >= 4 is 16.0 Å². The molecule has 0 spiro atoms. The molecule has 0 aliphatic carbocycles. The van der Waals surface area contributed by atoms with Gasteiger partial charge in [-0.2, -0.15) is 8.42 Å². The van der Waals surface area contributed by atoms with E-state index in [1.54, 1.807) is 4.90 Å². The molecule has 1 unspecified atom stereocenters. The lowest BCUT2D eigenvalue weighted by molar-refractivity contribution is -0.142. The third-order valence-electron chi connectivity index (χ3n) is 3.24. The minimum Gasteiger partial charge on any atom is -0.337 e. The van der Waals surface area contributed by atoms with Gasteiger partial charge >= 0.3 is 0 Å². The summed E-state index contributed by atoms with van der Waals surface area (Å²) in [4.78, 5) is 13.5. The van der Waals surface area contributed by atoms with Crippen molar-refractivity contribution in [2.24, 2.45) is 0 Å². The second-order valence-corrected chi connectivity index (χ2v) is 6.13. The molecular weight excluding hydrogens is 230 g/mol. The SMILES string of the molecule is CS(=O)(=O)O[C@H]1CCC(=O)N2CCCCC12. The third kappa shape index (κ3) is 2.55. The molecule has 6 heteroatoms. The number of piperidine rings is 2. The third-order valence-corrected chi connectivity index (χ3v) is 3.84. The molecule has 2 fully saturated rings. The maximum absolute atomic E-state index is 11.7. The van der Waals surface area contributed by atoms with Gasteiger partial charge in [0.05, 0.1) is 18.4 Å². The molecule has 1 amide bonds. The van der Waals surface area contributed by atoms with E-state index in [0.29, 0.717) is 12.8 Å². The van der Waals surface area contributed by atoms with E-state index in [4.69, 9.17) is 4.18 Å². The van der Waals surface area contributed by atoms with Crippen LogP contribution in [-0.2, 0) is 19.1 Å². The van der Waals surface area contributed by atoms with Gasteiger partial charge in [0.25, 0.3) is 10.1 Å². The predicted octanol–water partition coefficient (Wildman–Crippen LogP) is 0.506. The van der Waals surface area contributed by atoms with Crippen LogP contribution in [0.1, 0.15) is 32.1 Å². The number of hydrogen-bond acceptors (Lipinski definition) is 4. The Hall–Kier alpha value is -0.620. The molecule has 0 aromatic rings. The number of fused-ring (bicyclic) bond motifs is 1. The molecule has 2 rings (SSSR count). The van der Waals surface area contributed by atoms with Gasteiger partial charge in [0.15, 0.2) is 0 Å². The highest BCUT2D eigenvalue weighted by molar-refractivity contribution is 7.86. The van der Waals surface area contributed by atoms with Crippen LogP contribution in [0.4, 0.5) is 0 Å². The van der Waals surface area contributed by atoms with Gasteiger partial charge in [0.2, 0.25) is 5.91 Å². The van der Waals surface area contributed by atoms with Gasteiger partial charge in [-0.1, -0.05) is 0 Å². The van der Waals surface area contributed by atoms with Gasteiger partial charge in [0, 0.05) is 13.0 Å². The van der Waals surface area contributed by atoms with E-state index in [1.807, 2.05) is 0 Å². The number of nitrogens with zero attached hydrogens (tertiary/aromatic N) is 1. The first-order valence-corrected chi connectivity index (χ1v) is 7.47. The lowest BCUT2D eigenvalue weighted by atomic mass is 9.90. The van der Waals surface area contributed by atoms with Crippen molar-refractivity contribution < 1.29 is 17.4 Å². The topological polar surface area (TPSA) is 63.7 Å².